The van der Waals surface area contributed by atoms with Gasteiger partial charge >= 0.3 is 0 Å². The number of halogens is 2. The molecule has 0 aliphatic heterocycles. The molecule has 0 spiro atoms. The lowest BCUT2D eigenvalue weighted by Gasteiger charge is -2.13. The Labute approximate surface area is 206 Å². The van der Waals surface area contributed by atoms with Crippen molar-refractivity contribution in [2.24, 2.45) is 0 Å². The van der Waals surface area contributed by atoms with Gasteiger partial charge in [0.05, 0.1) is 23.8 Å². The predicted octanol–water partition coefficient (Wildman–Crippen LogP) is 5.60. The van der Waals surface area contributed by atoms with Gasteiger partial charge in [0.25, 0.3) is 0 Å². The van der Waals surface area contributed by atoms with Crippen molar-refractivity contribution in [2.75, 3.05) is 18.7 Å². The van der Waals surface area contributed by atoms with E-state index in [1.54, 1.807) is 25.5 Å². The Morgan fingerprint density at radius 3 is 2.45 bits per heavy atom. The van der Waals surface area contributed by atoms with E-state index < -0.39 is 11.2 Å². The van der Waals surface area contributed by atoms with E-state index in [2.05, 4.69) is 21.6 Å². The first kappa shape index (κ1) is 24.6. The van der Waals surface area contributed by atoms with Gasteiger partial charge in [-0.15, -0.1) is 22.6 Å². The van der Waals surface area contributed by atoms with E-state index in [0.29, 0.717) is 34.4 Å². The molecule has 0 fully saturated rings. The highest BCUT2D eigenvalue weighted by atomic mass is 35.5. The van der Waals surface area contributed by atoms with E-state index in [0.717, 1.165) is 26.8 Å². The first-order chi connectivity index (χ1) is 15.5. The minimum Gasteiger partial charge on any atom is -0.612 e. The van der Waals surface area contributed by atoms with Crippen LogP contribution in [0.3, 0.4) is 0 Å². The molecule has 6 nitrogen and oxygen atoms in total. The van der Waals surface area contributed by atoms with E-state index in [1.165, 1.54) is 0 Å². The number of nitriles is 1. The monoisotopic (exact) mass is 498 g/mol. The van der Waals surface area contributed by atoms with Gasteiger partial charge in [-0.05, 0) is 65.3 Å². The lowest BCUT2D eigenvalue weighted by Crippen LogP contribution is -2.05. The number of nitrogens with zero attached hydrogens (tertiary/aromatic N) is 3. The van der Waals surface area contributed by atoms with E-state index >= 15 is 0 Å². The maximum atomic E-state index is 11.7. The second kappa shape index (κ2) is 10.7. The highest BCUT2D eigenvalue weighted by Gasteiger charge is 2.14. The Hall–Kier alpha value is -3.02. The number of aromatic nitrogens is 2. The van der Waals surface area contributed by atoms with Crippen molar-refractivity contribution in [1.29, 1.82) is 5.26 Å². The van der Waals surface area contributed by atoms with Crippen molar-refractivity contribution >= 4 is 51.8 Å². The molecule has 1 unspecified atom stereocenters. The summed E-state index contributed by atoms with van der Waals surface area (Å²) in [6.45, 7) is 0.473. The van der Waals surface area contributed by atoms with Crippen molar-refractivity contribution in [3.8, 4) is 23.1 Å². The van der Waals surface area contributed by atoms with E-state index in [1.807, 2.05) is 48.5 Å². The molecule has 4 aromatic rings. The normalized spacial score (nSPS) is 11.4. The van der Waals surface area contributed by atoms with Crippen LogP contribution in [0.15, 0.2) is 65.6 Å². The second-order valence-electron chi connectivity index (χ2n) is 7.07. The van der Waals surface area contributed by atoms with E-state index in [4.69, 9.17) is 16.3 Å². The molecule has 168 valence electrons. The molecule has 0 amide bonds. The zero-order valence-electron chi connectivity index (χ0n) is 17.8. The molecule has 0 saturated heterocycles. The second-order valence-corrected chi connectivity index (χ2v) is 8.86. The zero-order chi connectivity index (χ0) is 22.7. The van der Waals surface area contributed by atoms with Gasteiger partial charge in [-0.25, -0.2) is 0 Å². The molecule has 33 heavy (non-hydrogen) atoms. The molecule has 0 saturated carbocycles. The fourth-order valence-corrected chi connectivity index (χ4v) is 4.18. The van der Waals surface area contributed by atoms with E-state index in [-0.39, 0.29) is 12.4 Å². The van der Waals surface area contributed by atoms with Crippen molar-refractivity contribution in [1.82, 2.24) is 10.2 Å². The number of hydrogen-bond acceptors (Lipinski definition) is 6. The highest BCUT2D eigenvalue weighted by molar-refractivity contribution is 7.90. The van der Waals surface area contributed by atoms with Gasteiger partial charge < -0.3 is 14.6 Å². The lowest BCUT2D eigenvalue weighted by atomic mass is 10.0. The van der Waals surface area contributed by atoms with Gasteiger partial charge in [0.15, 0.2) is 10.7 Å². The number of benzene rings is 3. The molecule has 1 aromatic heterocycles. The molecule has 3 aromatic carbocycles. The topological polar surface area (TPSA) is 93.9 Å². The van der Waals surface area contributed by atoms with Crippen molar-refractivity contribution in [3.05, 3.63) is 76.8 Å². The summed E-state index contributed by atoms with van der Waals surface area (Å²) in [5.41, 5.74) is 3.03. The number of anilines is 1. The van der Waals surface area contributed by atoms with Crippen LogP contribution in [-0.4, -0.2) is 28.1 Å². The Kier molecular flexibility index (Phi) is 8.01. The zero-order valence-corrected chi connectivity index (χ0v) is 20.2. The third-order valence-electron chi connectivity index (χ3n) is 5.04. The fourth-order valence-electron chi connectivity index (χ4n) is 3.38. The van der Waals surface area contributed by atoms with Crippen LogP contribution >= 0.6 is 24.0 Å². The van der Waals surface area contributed by atoms with Gasteiger partial charge in [0, 0.05) is 22.9 Å². The lowest BCUT2D eigenvalue weighted by molar-refractivity contribution is 0.415. The van der Waals surface area contributed by atoms with Crippen LogP contribution in [0.4, 0.5) is 5.82 Å². The molecule has 1 heterocycles. The van der Waals surface area contributed by atoms with Crippen molar-refractivity contribution in [3.63, 3.8) is 0 Å². The predicted molar refractivity (Wildman–Crippen MR) is 135 cm³/mol. The van der Waals surface area contributed by atoms with Crippen LogP contribution < -0.4 is 10.1 Å². The summed E-state index contributed by atoms with van der Waals surface area (Å²) in [7, 11) is 1.57. The molecular weight excluding hydrogens is 479 g/mol. The molecule has 0 aliphatic rings. The van der Waals surface area contributed by atoms with Crippen LogP contribution in [0.5, 0.6) is 5.75 Å². The Balaban J connectivity index is 0.00000306. The molecular formula is C24H20Cl2N4O2S. The molecule has 9 heteroatoms. The number of hydrogen-bond donors (Lipinski definition) is 1. The highest BCUT2D eigenvalue weighted by Crippen LogP contribution is 2.32. The Bertz CT molecular complexity index is 1320. The first-order valence-electron chi connectivity index (χ1n) is 9.71. The van der Waals surface area contributed by atoms with Crippen LogP contribution in [0, 0.1) is 11.3 Å². The smallest absolute Gasteiger partial charge is 0.156 e. The van der Waals surface area contributed by atoms with Crippen LogP contribution in [0.2, 0.25) is 5.02 Å². The maximum absolute atomic E-state index is 11.7. The molecule has 4 rings (SSSR count). The molecule has 0 aliphatic carbocycles. The minimum absolute atomic E-state index is 0. The molecule has 1 N–H and O–H groups in total. The Morgan fingerprint density at radius 2 is 1.82 bits per heavy atom. The van der Waals surface area contributed by atoms with Crippen molar-refractivity contribution < 1.29 is 9.29 Å². The van der Waals surface area contributed by atoms with Crippen LogP contribution in [0.25, 0.3) is 22.0 Å². The van der Waals surface area contributed by atoms with Gasteiger partial charge in [-0.3, -0.25) is 0 Å². The quantitative estimate of drug-likeness (QED) is 0.347. The van der Waals surface area contributed by atoms with E-state index in [9.17, 15) is 9.81 Å². The van der Waals surface area contributed by atoms with Gasteiger partial charge in [-0.2, -0.15) is 5.26 Å². The summed E-state index contributed by atoms with van der Waals surface area (Å²) in [4.78, 5) is 0.745. The van der Waals surface area contributed by atoms with Crippen LogP contribution in [0.1, 0.15) is 11.1 Å². The first-order valence-corrected chi connectivity index (χ1v) is 11.6. The summed E-state index contributed by atoms with van der Waals surface area (Å²) < 4.78 is 16.9. The average molecular weight is 499 g/mol. The van der Waals surface area contributed by atoms with Gasteiger partial charge in [-0.1, -0.05) is 23.7 Å². The summed E-state index contributed by atoms with van der Waals surface area (Å²) in [6, 6.07) is 20.6. The number of nitrogens with one attached hydrogen (secondary N) is 1. The number of methoxy groups -OCH3 is 1. The average Bonchev–Trinajstić information content (AvgIpc) is 2.82. The number of fused-ring (bicyclic) bond motifs is 1. The third-order valence-corrected chi connectivity index (χ3v) is 6.28. The van der Waals surface area contributed by atoms with Gasteiger partial charge in [0.2, 0.25) is 0 Å². The molecule has 0 bridgehead atoms. The SMILES string of the molecule is COc1ccc(CNc2nnc(-c3ccc([S+](C)[O-])cc3)c3ccc(C#N)cc23)cc1Cl.Cl. The van der Waals surface area contributed by atoms with Crippen LogP contribution in [-0.2, 0) is 17.7 Å². The number of ether oxygens (including phenoxy) is 1. The Morgan fingerprint density at radius 1 is 1.06 bits per heavy atom. The maximum Gasteiger partial charge on any atom is 0.156 e. The minimum atomic E-state index is -1.05. The van der Waals surface area contributed by atoms with Gasteiger partial charge in [0.1, 0.15) is 17.7 Å². The summed E-state index contributed by atoms with van der Waals surface area (Å²) in [5.74, 6) is 1.18. The summed E-state index contributed by atoms with van der Waals surface area (Å²) in [6.07, 6.45) is 1.64. The third kappa shape index (κ3) is 5.32. The standard InChI is InChI=1S/C24H19ClN4O2S.ClH/c1-31-22-10-4-16(12-21(22)25)14-27-24-20-11-15(13-26)3-9-19(20)23(28-29-24)17-5-7-18(8-6-17)32(2)30;/h3-12H,14H2,1-2H3,(H,27,29);1H. The summed E-state index contributed by atoms with van der Waals surface area (Å²) >= 11 is 5.18. The fraction of sp³-hybridized carbons (Fsp3) is 0.125. The molecule has 0 radical (unpaired) electrons. The molecule has 1 atom stereocenters. The summed E-state index contributed by atoms with van der Waals surface area (Å²) in [5, 5.41) is 23.7. The van der Waals surface area contributed by atoms with Crippen molar-refractivity contribution in [2.45, 2.75) is 11.4 Å². The number of rotatable bonds is 6. The largest absolute Gasteiger partial charge is 0.612 e.